The molecule has 0 aromatic heterocycles. The summed E-state index contributed by atoms with van der Waals surface area (Å²) in [5, 5.41) is 9.19. The number of carbonyl (C=O) groups is 1. The summed E-state index contributed by atoms with van der Waals surface area (Å²) in [6.45, 7) is 4.35. The lowest BCUT2D eigenvalue weighted by molar-refractivity contribution is -0.140. The molecule has 1 rings (SSSR count). The average Bonchev–Trinajstić information content (AvgIpc) is 2.33. The highest BCUT2D eigenvalue weighted by Crippen LogP contribution is 2.12. The monoisotopic (exact) mass is 246 g/mol. The predicted molar refractivity (Wildman–Crippen MR) is 74.5 cm³/mol. The van der Waals surface area contributed by atoms with Crippen LogP contribution in [0.4, 0.5) is 0 Å². The molecule has 1 N–H and O–H groups in total. The molecule has 0 unspecified atom stereocenters. The van der Waals surface area contributed by atoms with Gasteiger partial charge in [-0.05, 0) is 30.7 Å². The minimum Gasteiger partial charge on any atom is -0.481 e. The molecule has 2 nitrogen and oxygen atoms in total. The van der Waals surface area contributed by atoms with Crippen molar-refractivity contribution >= 4 is 5.97 Å². The molecule has 1 aromatic carbocycles. The first-order valence-corrected chi connectivity index (χ1v) is 6.53. The highest BCUT2D eigenvalue weighted by atomic mass is 16.4. The van der Waals surface area contributed by atoms with E-state index < -0.39 is 11.9 Å². The van der Waals surface area contributed by atoms with Crippen LogP contribution in [-0.4, -0.2) is 11.1 Å². The molecule has 0 radical (unpaired) electrons. The van der Waals surface area contributed by atoms with Crippen molar-refractivity contribution < 1.29 is 9.90 Å². The van der Waals surface area contributed by atoms with E-state index in [-0.39, 0.29) is 0 Å². The van der Waals surface area contributed by atoms with Crippen molar-refractivity contribution in [2.24, 2.45) is 11.8 Å². The standard InChI is InChI=1S/C16H22O2/c1-13(2)8-6-7-11-15(16(17)18)12-14-9-4-3-5-10-14/h3-5,7,9-11,13,15H,6,8,12H2,1-2H3,(H,17,18)/b11-7+/t15-/m1/s1. The Morgan fingerprint density at radius 1 is 1.28 bits per heavy atom. The van der Waals surface area contributed by atoms with Crippen molar-refractivity contribution in [3.8, 4) is 0 Å². The van der Waals surface area contributed by atoms with Gasteiger partial charge in [0.05, 0.1) is 5.92 Å². The molecule has 0 saturated heterocycles. The van der Waals surface area contributed by atoms with Gasteiger partial charge in [0.15, 0.2) is 0 Å². The maximum atomic E-state index is 11.2. The maximum Gasteiger partial charge on any atom is 0.310 e. The van der Waals surface area contributed by atoms with E-state index in [0.29, 0.717) is 12.3 Å². The van der Waals surface area contributed by atoms with Gasteiger partial charge >= 0.3 is 5.97 Å². The Morgan fingerprint density at radius 3 is 2.50 bits per heavy atom. The third kappa shape index (κ3) is 5.67. The molecule has 1 atom stereocenters. The maximum absolute atomic E-state index is 11.2. The Labute approximate surface area is 109 Å². The molecule has 0 aliphatic carbocycles. The second-order valence-corrected chi connectivity index (χ2v) is 5.03. The summed E-state index contributed by atoms with van der Waals surface area (Å²) < 4.78 is 0. The van der Waals surface area contributed by atoms with E-state index in [1.807, 2.05) is 42.5 Å². The SMILES string of the molecule is CC(C)CC/C=C/[C@H](Cc1ccccc1)C(=O)O. The van der Waals surface area contributed by atoms with E-state index in [4.69, 9.17) is 0 Å². The van der Waals surface area contributed by atoms with E-state index in [0.717, 1.165) is 18.4 Å². The summed E-state index contributed by atoms with van der Waals surface area (Å²) >= 11 is 0. The summed E-state index contributed by atoms with van der Waals surface area (Å²) in [4.78, 5) is 11.2. The van der Waals surface area contributed by atoms with E-state index in [1.165, 1.54) is 0 Å². The largest absolute Gasteiger partial charge is 0.481 e. The fourth-order valence-corrected chi connectivity index (χ4v) is 1.80. The molecule has 0 bridgehead atoms. The van der Waals surface area contributed by atoms with Crippen LogP contribution in [0.25, 0.3) is 0 Å². The minimum atomic E-state index is -0.750. The molecule has 1 aromatic rings. The van der Waals surface area contributed by atoms with Crippen LogP contribution in [0, 0.1) is 11.8 Å². The Hall–Kier alpha value is -1.57. The van der Waals surface area contributed by atoms with Crippen molar-refractivity contribution in [3.63, 3.8) is 0 Å². The number of hydrogen-bond acceptors (Lipinski definition) is 1. The van der Waals surface area contributed by atoms with Crippen molar-refractivity contribution in [2.45, 2.75) is 33.1 Å². The summed E-state index contributed by atoms with van der Waals surface area (Å²) in [6, 6.07) is 9.76. The second-order valence-electron chi connectivity index (χ2n) is 5.03. The van der Waals surface area contributed by atoms with E-state index >= 15 is 0 Å². The topological polar surface area (TPSA) is 37.3 Å². The number of carboxylic acids is 1. The van der Waals surface area contributed by atoms with Crippen LogP contribution >= 0.6 is 0 Å². The molecule has 0 saturated carbocycles. The molecule has 0 amide bonds. The summed E-state index contributed by atoms with van der Waals surface area (Å²) in [5.41, 5.74) is 1.07. The average molecular weight is 246 g/mol. The smallest absolute Gasteiger partial charge is 0.310 e. The molecule has 18 heavy (non-hydrogen) atoms. The number of benzene rings is 1. The number of rotatable bonds is 7. The van der Waals surface area contributed by atoms with Crippen molar-refractivity contribution in [3.05, 3.63) is 48.0 Å². The first kappa shape index (κ1) is 14.5. The fraction of sp³-hybridized carbons (Fsp3) is 0.438. The molecule has 0 aliphatic heterocycles. The Kier molecular flexibility index (Phi) is 6.20. The molecule has 0 spiro atoms. The normalized spacial score (nSPS) is 13.1. The fourth-order valence-electron chi connectivity index (χ4n) is 1.80. The van der Waals surface area contributed by atoms with Crippen molar-refractivity contribution in [1.82, 2.24) is 0 Å². The van der Waals surface area contributed by atoms with Crippen LogP contribution in [0.15, 0.2) is 42.5 Å². The third-order valence-corrected chi connectivity index (χ3v) is 2.89. The number of aliphatic carboxylic acids is 1. The van der Waals surface area contributed by atoms with Gasteiger partial charge in [0, 0.05) is 0 Å². The first-order chi connectivity index (χ1) is 8.59. The molecule has 2 heteroatoms. The molecule has 0 heterocycles. The van der Waals surface area contributed by atoms with Gasteiger partial charge in [-0.3, -0.25) is 4.79 Å². The van der Waals surface area contributed by atoms with Crippen LogP contribution in [0.2, 0.25) is 0 Å². The zero-order valence-electron chi connectivity index (χ0n) is 11.2. The highest BCUT2D eigenvalue weighted by Gasteiger charge is 2.13. The van der Waals surface area contributed by atoms with Crippen LogP contribution in [0.3, 0.4) is 0 Å². The van der Waals surface area contributed by atoms with Gasteiger partial charge in [0.2, 0.25) is 0 Å². The summed E-state index contributed by atoms with van der Waals surface area (Å²) in [5.74, 6) is -0.508. The number of carboxylic acid groups (broad SMARTS) is 1. The van der Waals surface area contributed by atoms with Crippen LogP contribution in [0.1, 0.15) is 32.3 Å². The molecular formula is C16H22O2. The number of hydrogen-bond donors (Lipinski definition) is 1. The van der Waals surface area contributed by atoms with E-state index in [2.05, 4.69) is 13.8 Å². The number of allylic oxidation sites excluding steroid dienone is 1. The van der Waals surface area contributed by atoms with Crippen LogP contribution in [-0.2, 0) is 11.2 Å². The Bertz CT molecular complexity index is 379. The Balaban J connectivity index is 2.53. The summed E-state index contributed by atoms with van der Waals surface area (Å²) in [7, 11) is 0. The molecule has 0 fully saturated rings. The lowest BCUT2D eigenvalue weighted by atomic mass is 9.98. The van der Waals surface area contributed by atoms with Crippen molar-refractivity contribution in [2.75, 3.05) is 0 Å². The van der Waals surface area contributed by atoms with Crippen molar-refractivity contribution in [1.29, 1.82) is 0 Å². The van der Waals surface area contributed by atoms with Gasteiger partial charge < -0.3 is 5.11 Å². The zero-order valence-corrected chi connectivity index (χ0v) is 11.2. The summed E-state index contributed by atoms with van der Waals surface area (Å²) in [6.07, 6.45) is 6.46. The quantitative estimate of drug-likeness (QED) is 0.740. The third-order valence-electron chi connectivity index (χ3n) is 2.89. The van der Waals surface area contributed by atoms with Gasteiger partial charge in [0.25, 0.3) is 0 Å². The molecular weight excluding hydrogens is 224 g/mol. The molecule has 98 valence electrons. The van der Waals surface area contributed by atoms with Gasteiger partial charge in [-0.15, -0.1) is 0 Å². The lowest BCUT2D eigenvalue weighted by Gasteiger charge is -2.08. The van der Waals surface area contributed by atoms with E-state index in [1.54, 1.807) is 0 Å². The lowest BCUT2D eigenvalue weighted by Crippen LogP contribution is -2.13. The van der Waals surface area contributed by atoms with E-state index in [9.17, 15) is 9.90 Å². The second kappa shape index (κ2) is 7.70. The van der Waals surface area contributed by atoms with Gasteiger partial charge in [-0.2, -0.15) is 0 Å². The van der Waals surface area contributed by atoms with Gasteiger partial charge in [-0.25, -0.2) is 0 Å². The van der Waals surface area contributed by atoms with Crippen LogP contribution < -0.4 is 0 Å². The van der Waals surface area contributed by atoms with Crippen LogP contribution in [0.5, 0.6) is 0 Å². The molecule has 0 aliphatic rings. The van der Waals surface area contributed by atoms with Gasteiger partial charge in [0.1, 0.15) is 0 Å². The first-order valence-electron chi connectivity index (χ1n) is 6.53. The predicted octanol–water partition coefficient (Wildman–Crippen LogP) is 3.92. The Morgan fingerprint density at radius 2 is 1.94 bits per heavy atom. The van der Waals surface area contributed by atoms with Gasteiger partial charge in [-0.1, -0.05) is 56.3 Å². The minimum absolute atomic E-state index is 0.417. The highest BCUT2D eigenvalue weighted by molar-refractivity contribution is 5.72. The zero-order chi connectivity index (χ0) is 13.4.